The maximum atomic E-state index is 12.9. The second-order valence-electron chi connectivity index (χ2n) is 5.44. The molecule has 4 nitrogen and oxygen atoms in total. The Morgan fingerprint density at radius 3 is 2.48 bits per heavy atom. The van der Waals surface area contributed by atoms with Crippen LogP contribution in [0.1, 0.15) is 43.0 Å². The molecule has 0 aliphatic heterocycles. The van der Waals surface area contributed by atoms with E-state index in [2.05, 4.69) is 17.2 Å². The van der Waals surface area contributed by atoms with E-state index in [1.54, 1.807) is 18.2 Å². The van der Waals surface area contributed by atoms with Crippen LogP contribution in [0.4, 0.5) is 4.39 Å². The number of halogens is 1. The lowest BCUT2D eigenvalue weighted by atomic mass is 10.1. The van der Waals surface area contributed by atoms with E-state index in [4.69, 9.17) is 0 Å². The normalized spacial score (nSPS) is 10.5. The summed E-state index contributed by atoms with van der Waals surface area (Å²) in [5, 5.41) is 2.76. The van der Waals surface area contributed by atoms with E-state index in [-0.39, 0.29) is 17.3 Å². The summed E-state index contributed by atoms with van der Waals surface area (Å²) >= 11 is 0. The summed E-state index contributed by atoms with van der Waals surface area (Å²) in [6.45, 7) is 2.69. The van der Waals surface area contributed by atoms with Crippen LogP contribution in [0, 0.1) is 5.82 Å². The number of nitrogens with one attached hydrogen (secondary N) is 2. The van der Waals surface area contributed by atoms with Crippen molar-refractivity contribution in [1.82, 2.24) is 10.3 Å². The van der Waals surface area contributed by atoms with Gasteiger partial charge in [0.05, 0.1) is 0 Å². The Balaban J connectivity index is 2.03. The highest BCUT2D eigenvalue weighted by atomic mass is 19.1. The van der Waals surface area contributed by atoms with E-state index in [9.17, 15) is 14.0 Å². The zero-order chi connectivity index (χ0) is 16.7. The summed E-state index contributed by atoms with van der Waals surface area (Å²) in [4.78, 5) is 26.7. The van der Waals surface area contributed by atoms with Crippen molar-refractivity contribution in [2.24, 2.45) is 0 Å². The van der Waals surface area contributed by atoms with Crippen LogP contribution in [0.3, 0.4) is 0 Å². The Bertz CT molecular complexity index is 708. The van der Waals surface area contributed by atoms with Crippen LogP contribution in [0.5, 0.6) is 0 Å². The zero-order valence-electron chi connectivity index (χ0n) is 13.2. The van der Waals surface area contributed by atoms with Crippen LogP contribution >= 0.6 is 0 Å². The Morgan fingerprint density at radius 1 is 1.09 bits per heavy atom. The van der Waals surface area contributed by atoms with Gasteiger partial charge in [-0.15, -0.1) is 0 Å². The second kappa shape index (κ2) is 8.27. The summed E-state index contributed by atoms with van der Waals surface area (Å²) in [5.74, 6) is -0.705. The van der Waals surface area contributed by atoms with Crippen LogP contribution in [0.2, 0.25) is 0 Å². The van der Waals surface area contributed by atoms with Gasteiger partial charge in [-0.25, -0.2) is 4.39 Å². The summed E-state index contributed by atoms with van der Waals surface area (Å²) in [6, 6.07) is 8.96. The quantitative estimate of drug-likeness (QED) is 0.768. The zero-order valence-corrected chi connectivity index (χ0v) is 13.2. The number of H-pyrrole nitrogens is 1. The summed E-state index contributed by atoms with van der Waals surface area (Å²) < 4.78 is 12.9. The molecule has 0 aliphatic rings. The lowest BCUT2D eigenvalue weighted by Crippen LogP contribution is -2.30. The molecule has 2 rings (SSSR count). The number of amides is 1. The maximum Gasteiger partial charge on any atom is 0.261 e. The van der Waals surface area contributed by atoms with E-state index in [0.29, 0.717) is 17.8 Å². The predicted octanol–water partition coefficient (Wildman–Crippen LogP) is 3.49. The third-order valence-corrected chi connectivity index (χ3v) is 3.63. The Kier molecular flexibility index (Phi) is 6.09. The summed E-state index contributed by atoms with van der Waals surface area (Å²) in [5.41, 5.74) is 0.883. The average Bonchev–Trinajstić information content (AvgIpc) is 2.55. The molecular weight excluding hydrogens is 295 g/mol. The molecule has 5 heteroatoms. The van der Waals surface area contributed by atoms with Crippen LogP contribution < -0.4 is 10.9 Å². The van der Waals surface area contributed by atoms with E-state index >= 15 is 0 Å². The molecule has 2 N–H and O–H groups in total. The molecule has 0 radical (unpaired) electrons. The highest BCUT2D eigenvalue weighted by Gasteiger charge is 2.10. The van der Waals surface area contributed by atoms with Gasteiger partial charge in [-0.2, -0.15) is 0 Å². The lowest BCUT2D eigenvalue weighted by molar-refractivity contribution is 0.0951. The van der Waals surface area contributed by atoms with Crippen molar-refractivity contribution in [2.45, 2.75) is 32.6 Å². The van der Waals surface area contributed by atoms with Gasteiger partial charge in [-0.05, 0) is 48.4 Å². The second-order valence-corrected chi connectivity index (χ2v) is 5.44. The van der Waals surface area contributed by atoms with Crippen molar-refractivity contribution in [2.75, 3.05) is 6.54 Å². The number of carbonyl (C=O) groups is 1. The lowest BCUT2D eigenvalue weighted by Gasteiger charge is -2.06. The highest BCUT2D eigenvalue weighted by molar-refractivity contribution is 5.94. The van der Waals surface area contributed by atoms with Crippen molar-refractivity contribution in [3.8, 4) is 11.3 Å². The third kappa shape index (κ3) is 4.77. The number of aromatic amines is 1. The van der Waals surface area contributed by atoms with Gasteiger partial charge in [0.15, 0.2) is 0 Å². The van der Waals surface area contributed by atoms with Gasteiger partial charge in [-0.3, -0.25) is 9.59 Å². The van der Waals surface area contributed by atoms with Crippen LogP contribution in [-0.4, -0.2) is 17.4 Å². The molecule has 0 atom stereocenters. The molecule has 0 unspecified atom stereocenters. The van der Waals surface area contributed by atoms with Gasteiger partial charge < -0.3 is 10.3 Å². The van der Waals surface area contributed by atoms with Gasteiger partial charge >= 0.3 is 0 Å². The summed E-state index contributed by atoms with van der Waals surface area (Å²) in [6.07, 6.45) is 4.25. The Labute approximate surface area is 134 Å². The SMILES string of the molecule is CCCCCCNC(=O)c1ccc(-c2ccc(F)cc2)[nH]c1=O. The first-order chi connectivity index (χ1) is 11.1. The topological polar surface area (TPSA) is 62.0 Å². The first kappa shape index (κ1) is 16.9. The molecule has 0 fully saturated rings. The molecule has 0 saturated heterocycles. The van der Waals surface area contributed by atoms with E-state index in [1.807, 2.05) is 0 Å². The molecule has 1 heterocycles. The Morgan fingerprint density at radius 2 is 1.83 bits per heavy atom. The Hall–Kier alpha value is -2.43. The fourth-order valence-corrected chi connectivity index (χ4v) is 2.30. The maximum absolute atomic E-state index is 12.9. The molecule has 2 aromatic rings. The fourth-order valence-electron chi connectivity index (χ4n) is 2.30. The molecular formula is C18H21FN2O2. The van der Waals surface area contributed by atoms with Gasteiger partial charge in [0.2, 0.25) is 0 Å². The number of unbranched alkanes of at least 4 members (excludes halogenated alkanes) is 3. The molecule has 23 heavy (non-hydrogen) atoms. The number of pyridine rings is 1. The van der Waals surface area contributed by atoms with Crippen molar-refractivity contribution < 1.29 is 9.18 Å². The standard InChI is InChI=1S/C18H21FN2O2/c1-2-3-4-5-12-20-17(22)15-10-11-16(21-18(15)23)13-6-8-14(19)9-7-13/h6-11H,2-5,12H2,1H3,(H,20,22)(H,21,23). The molecule has 1 aromatic carbocycles. The molecule has 0 bridgehead atoms. The van der Waals surface area contributed by atoms with Crippen LogP contribution in [-0.2, 0) is 0 Å². The van der Waals surface area contributed by atoms with Gasteiger partial charge in [0, 0.05) is 12.2 Å². The third-order valence-electron chi connectivity index (χ3n) is 3.63. The number of benzene rings is 1. The van der Waals surface area contributed by atoms with Crippen molar-refractivity contribution in [1.29, 1.82) is 0 Å². The minimum Gasteiger partial charge on any atom is -0.352 e. The van der Waals surface area contributed by atoms with E-state index in [1.165, 1.54) is 18.2 Å². The van der Waals surface area contributed by atoms with Crippen molar-refractivity contribution in [3.63, 3.8) is 0 Å². The molecule has 1 amide bonds. The first-order valence-electron chi connectivity index (χ1n) is 7.89. The monoisotopic (exact) mass is 316 g/mol. The number of rotatable bonds is 7. The number of hydrogen-bond donors (Lipinski definition) is 2. The van der Waals surface area contributed by atoms with Gasteiger partial charge in [0.1, 0.15) is 11.4 Å². The molecule has 0 spiro atoms. The van der Waals surface area contributed by atoms with Crippen molar-refractivity contribution >= 4 is 5.91 Å². The number of aromatic nitrogens is 1. The molecule has 0 saturated carbocycles. The van der Waals surface area contributed by atoms with Gasteiger partial charge in [0.25, 0.3) is 11.5 Å². The first-order valence-corrected chi connectivity index (χ1v) is 7.89. The van der Waals surface area contributed by atoms with Crippen LogP contribution in [0.15, 0.2) is 41.2 Å². The van der Waals surface area contributed by atoms with E-state index in [0.717, 1.165) is 25.7 Å². The molecule has 0 aliphatic carbocycles. The highest BCUT2D eigenvalue weighted by Crippen LogP contribution is 2.16. The van der Waals surface area contributed by atoms with Crippen molar-refractivity contribution in [3.05, 3.63) is 58.1 Å². The van der Waals surface area contributed by atoms with E-state index < -0.39 is 5.56 Å². The van der Waals surface area contributed by atoms with Crippen LogP contribution in [0.25, 0.3) is 11.3 Å². The molecule has 1 aromatic heterocycles. The van der Waals surface area contributed by atoms with Gasteiger partial charge in [-0.1, -0.05) is 26.2 Å². The largest absolute Gasteiger partial charge is 0.352 e. The average molecular weight is 316 g/mol. The number of carbonyl (C=O) groups excluding carboxylic acids is 1. The minimum atomic E-state index is -0.446. The molecule has 122 valence electrons. The minimum absolute atomic E-state index is 0.0892. The predicted molar refractivity (Wildman–Crippen MR) is 88.9 cm³/mol. The summed E-state index contributed by atoms with van der Waals surface area (Å²) in [7, 11) is 0. The smallest absolute Gasteiger partial charge is 0.261 e. The fraction of sp³-hybridized carbons (Fsp3) is 0.333. The number of hydrogen-bond acceptors (Lipinski definition) is 2.